The lowest BCUT2D eigenvalue weighted by Crippen LogP contribution is -2.32. The molecule has 1 aromatic heterocycles. The summed E-state index contributed by atoms with van der Waals surface area (Å²) in [6.45, 7) is 5.63. The van der Waals surface area contributed by atoms with Crippen LogP contribution in [-0.2, 0) is 13.0 Å². The van der Waals surface area contributed by atoms with Gasteiger partial charge in [0.25, 0.3) is 5.88 Å². The summed E-state index contributed by atoms with van der Waals surface area (Å²) in [5.74, 6) is 1.40. The van der Waals surface area contributed by atoms with Gasteiger partial charge in [0.15, 0.2) is 5.82 Å². The maximum Gasteiger partial charge on any atom is 0.257 e. The first kappa shape index (κ1) is 14.1. The average Bonchev–Trinajstić information content (AvgIpc) is 2.47. The van der Waals surface area contributed by atoms with Crippen molar-refractivity contribution in [3.8, 4) is 5.88 Å². The quantitative estimate of drug-likeness (QED) is 0.870. The zero-order valence-electron chi connectivity index (χ0n) is 12.2. The molecule has 1 aliphatic heterocycles. The van der Waals surface area contributed by atoms with Crippen molar-refractivity contribution in [2.75, 3.05) is 11.4 Å². The number of benzene rings is 1. The van der Waals surface area contributed by atoms with Crippen molar-refractivity contribution in [3.63, 3.8) is 0 Å². The third kappa shape index (κ3) is 2.95. The highest BCUT2D eigenvalue weighted by molar-refractivity contribution is 6.31. The second-order valence-corrected chi connectivity index (χ2v) is 5.81. The summed E-state index contributed by atoms with van der Waals surface area (Å²) < 4.78 is 5.77. The summed E-state index contributed by atoms with van der Waals surface area (Å²) in [5, 5.41) is 0.852. The van der Waals surface area contributed by atoms with E-state index in [1.807, 2.05) is 26.0 Å². The number of aromatic nitrogens is 2. The molecule has 21 heavy (non-hydrogen) atoms. The third-order valence-electron chi connectivity index (χ3n) is 3.50. The summed E-state index contributed by atoms with van der Waals surface area (Å²) in [4.78, 5) is 11.0. The molecule has 0 radical (unpaired) electrons. The van der Waals surface area contributed by atoms with E-state index in [9.17, 15) is 0 Å². The Bertz CT molecular complexity index is 645. The lowest BCUT2D eigenvalue weighted by molar-refractivity contribution is 0.232. The summed E-state index contributed by atoms with van der Waals surface area (Å²) in [6.07, 6.45) is 4.35. The van der Waals surface area contributed by atoms with E-state index in [1.165, 1.54) is 11.1 Å². The largest absolute Gasteiger partial charge is 0.472 e. The molecule has 0 amide bonds. The minimum atomic E-state index is 0.0759. The van der Waals surface area contributed by atoms with Crippen molar-refractivity contribution >= 4 is 17.4 Å². The predicted octanol–water partition coefficient (Wildman–Crippen LogP) is 3.48. The minimum absolute atomic E-state index is 0.0759. The lowest BCUT2D eigenvalue weighted by atomic mass is 10.00. The fraction of sp³-hybridized carbons (Fsp3) is 0.375. The van der Waals surface area contributed by atoms with Gasteiger partial charge in [-0.25, -0.2) is 9.97 Å². The first-order chi connectivity index (χ1) is 10.1. The number of hydrogen-bond donors (Lipinski definition) is 0. The van der Waals surface area contributed by atoms with Crippen molar-refractivity contribution in [3.05, 3.63) is 46.7 Å². The van der Waals surface area contributed by atoms with Crippen molar-refractivity contribution < 1.29 is 4.74 Å². The zero-order valence-corrected chi connectivity index (χ0v) is 13.0. The Kier molecular flexibility index (Phi) is 3.97. The summed E-state index contributed by atoms with van der Waals surface area (Å²) in [7, 11) is 0. The molecule has 1 aliphatic rings. The molecule has 0 N–H and O–H groups in total. The second-order valence-electron chi connectivity index (χ2n) is 5.40. The number of fused-ring (bicyclic) bond motifs is 1. The summed E-state index contributed by atoms with van der Waals surface area (Å²) >= 11 is 6.26. The van der Waals surface area contributed by atoms with Gasteiger partial charge in [0.1, 0.15) is 0 Å². The van der Waals surface area contributed by atoms with Crippen LogP contribution in [0.2, 0.25) is 5.02 Å². The van der Waals surface area contributed by atoms with Crippen LogP contribution in [-0.4, -0.2) is 22.6 Å². The van der Waals surface area contributed by atoms with E-state index >= 15 is 0 Å². The number of anilines is 1. The molecule has 4 nitrogen and oxygen atoms in total. The van der Waals surface area contributed by atoms with Crippen LogP contribution in [0.1, 0.15) is 25.0 Å². The molecule has 0 aliphatic carbocycles. The fourth-order valence-electron chi connectivity index (χ4n) is 2.58. The van der Waals surface area contributed by atoms with Crippen LogP contribution in [0.3, 0.4) is 0 Å². The Morgan fingerprint density at radius 1 is 1.24 bits per heavy atom. The first-order valence-electron chi connectivity index (χ1n) is 7.14. The van der Waals surface area contributed by atoms with Crippen LogP contribution in [0.4, 0.5) is 5.82 Å². The second kappa shape index (κ2) is 5.90. The van der Waals surface area contributed by atoms with Crippen molar-refractivity contribution in [2.24, 2.45) is 0 Å². The lowest BCUT2D eigenvalue weighted by Gasteiger charge is -2.31. The van der Waals surface area contributed by atoms with E-state index in [0.29, 0.717) is 5.88 Å². The molecule has 0 unspecified atom stereocenters. The highest BCUT2D eigenvalue weighted by atomic mass is 35.5. The van der Waals surface area contributed by atoms with E-state index in [4.69, 9.17) is 16.3 Å². The summed E-state index contributed by atoms with van der Waals surface area (Å²) in [5.41, 5.74) is 2.49. The molecular weight excluding hydrogens is 286 g/mol. The molecule has 2 heterocycles. The van der Waals surface area contributed by atoms with Crippen molar-refractivity contribution in [1.29, 1.82) is 0 Å². The zero-order chi connectivity index (χ0) is 14.8. The molecule has 0 bridgehead atoms. The molecule has 5 heteroatoms. The number of rotatable bonds is 3. The van der Waals surface area contributed by atoms with Gasteiger partial charge in [0.2, 0.25) is 0 Å². The van der Waals surface area contributed by atoms with Crippen LogP contribution in [0, 0.1) is 0 Å². The fourth-order valence-corrected chi connectivity index (χ4v) is 2.87. The van der Waals surface area contributed by atoms with Gasteiger partial charge in [-0.05, 0) is 37.5 Å². The smallest absolute Gasteiger partial charge is 0.257 e. The van der Waals surface area contributed by atoms with E-state index in [0.717, 1.165) is 30.4 Å². The average molecular weight is 304 g/mol. The SMILES string of the molecule is CC(C)Oc1nccnc1N1CCc2c(Cl)cccc2C1. The van der Waals surface area contributed by atoms with Gasteiger partial charge in [-0.2, -0.15) is 0 Å². The molecule has 1 aromatic carbocycles. The van der Waals surface area contributed by atoms with E-state index in [2.05, 4.69) is 20.9 Å². The van der Waals surface area contributed by atoms with Gasteiger partial charge >= 0.3 is 0 Å². The van der Waals surface area contributed by atoms with Gasteiger partial charge in [0.05, 0.1) is 6.10 Å². The number of nitrogens with zero attached hydrogens (tertiary/aromatic N) is 3. The Hall–Kier alpha value is -1.81. The molecule has 3 rings (SSSR count). The number of ether oxygens (including phenoxy) is 1. The predicted molar refractivity (Wildman–Crippen MR) is 84.0 cm³/mol. The maximum atomic E-state index is 6.26. The van der Waals surface area contributed by atoms with E-state index in [-0.39, 0.29) is 6.10 Å². The van der Waals surface area contributed by atoms with Crippen LogP contribution < -0.4 is 9.64 Å². The van der Waals surface area contributed by atoms with Gasteiger partial charge < -0.3 is 9.64 Å². The van der Waals surface area contributed by atoms with Crippen molar-refractivity contribution in [2.45, 2.75) is 32.9 Å². The Morgan fingerprint density at radius 2 is 2.05 bits per heavy atom. The Balaban J connectivity index is 1.90. The number of hydrogen-bond acceptors (Lipinski definition) is 4. The highest BCUT2D eigenvalue weighted by Gasteiger charge is 2.22. The minimum Gasteiger partial charge on any atom is -0.472 e. The topological polar surface area (TPSA) is 38.3 Å². The van der Waals surface area contributed by atoms with Gasteiger partial charge in [-0.15, -0.1) is 0 Å². The molecule has 2 aromatic rings. The molecule has 0 atom stereocenters. The number of halogens is 1. The molecule has 0 saturated carbocycles. The maximum absolute atomic E-state index is 6.26. The third-order valence-corrected chi connectivity index (χ3v) is 3.86. The van der Waals surface area contributed by atoms with Gasteiger partial charge in [-0.3, -0.25) is 0 Å². The van der Waals surface area contributed by atoms with E-state index in [1.54, 1.807) is 12.4 Å². The van der Waals surface area contributed by atoms with Crippen LogP contribution >= 0.6 is 11.6 Å². The standard InChI is InChI=1S/C16H18ClN3O/c1-11(2)21-16-15(18-7-8-19-16)20-9-6-13-12(10-20)4-3-5-14(13)17/h3-5,7-8,11H,6,9-10H2,1-2H3. The van der Waals surface area contributed by atoms with Crippen LogP contribution in [0.15, 0.2) is 30.6 Å². The first-order valence-corrected chi connectivity index (χ1v) is 7.52. The van der Waals surface area contributed by atoms with Crippen LogP contribution in [0.5, 0.6) is 5.88 Å². The Labute approximate surface area is 129 Å². The van der Waals surface area contributed by atoms with Crippen molar-refractivity contribution in [1.82, 2.24) is 9.97 Å². The Morgan fingerprint density at radius 3 is 2.86 bits per heavy atom. The molecule has 110 valence electrons. The summed E-state index contributed by atoms with van der Waals surface area (Å²) in [6, 6.07) is 6.06. The normalized spacial score (nSPS) is 14.2. The molecular formula is C16H18ClN3O. The monoisotopic (exact) mass is 303 g/mol. The molecule has 0 fully saturated rings. The van der Waals surface area contributed by atoms with Crippen LogP contribution in [0.25, 0.3) is 0 Å². The highest BCUT2D eigenvalue weighted by Crippen LogP contribution is 2.31. The van der Waals surface area contributed by atoms with Gasteiger partial charge in [0, 0.05) is 30.5 Å². The molecule has 0 saturated heterocycles. The molecule has 0 spiro atoms. The van der Waals surface area contributed by atoms with Gasteiger partial charge in [-0.1, -0.05) is 23.7 Å². The van der Waals surface area contributed by atoms with E-state index < -0.39 is 0 Å².